The third-order valence-electron chi connectivity index (χ3n) is 4.40. The fourth-order valence-corrected chi connectivity index (χ4v) is 2.60. The number of ether oxygens (including phenoxy) is 2. The normalized spacial score (nSPS) is 19.8. The molecule has 0 N–H and O–H groups in total. The minimum Gasteiger partial charge on any atom is -0.462 e. The van der Waals surface area contributed by atoms with E-state index in [1.54, 1.807) is 0 Å². The molecule has 0 aromatic carbocycles. The van der Waals surface area contributed by atoms with E-state index < -0.39 is 17.9 Å². The number of hydrogen-bond donors (Lipinski definition) is 0. The summed E-state index contributed by atoms with van der Waals surface area (Å²) in [6.07, 6.45) is 6.36. The van der Waals surface area contributed by atoms with Crippen molar-refractivity contribution in [2.75, 3.05) is 0 Å². The third kappa shape index (κ3) is 6.06. The molecule has 2 atom stereocenters. The van der Waals surface area contributed by atoms with Gasteiger partial charge in [-0.05, 0) is 39.0 Å². The Kier molecular flexibility index (Phi) is 7.76. The molecule has 122 valence electrons. The Hall–Kier alpha value is -1.06. The summed E-state index contributed by atoms with van der Waals surface area (Å²) in [5.74, 6) is -1.13. The Morgan fingerprint density at radius 1 is 0.952 bits per heavy atom. The molecule has 0 aromatic heterocycles. The molecule has 1 fully saturated rings. The molecule has 1 aliphatic rings. The monoisotopic (exact) mass is 298 g/mol. The molecule has 0 bridgehead atoms. The van der Waals surface area contributed by atoms with E-state index in [1.165, 1.54) is 12.8 Å². The van der Waals surface area contributed by atoms with Crippen molar-refractivity contribution in [2.24, 2.45) is 11.8 Å². The quantitative estimate of drug-likeness (QED) is 0.504. The summed E-state index contributed by atoms with van der Waals surface area (Å²) in [6.45, 7) is 7.62. The van der Waals surface area contributed by atoms with Crippen molar-refractivity contribution in [2.45, 2.75) is 84.8 Å². The maximum absolute atomic E-state index is 12.3. The summed E-state index contributed by atoms with van der Waals surface area (Å²) in [6, 6.07) is 0. The van der Waals surface area contributed by atoms with Crippen LogP contribution in [-0.2, 0) is 19.1 Å². The Labute approximate surface area is 128 Å². The van der Waals surface area contributed by atoms with Gasteiger partial charge in [0.15, 0.2) is 5.92 Å². The van der Waals surface area contributed by atoms with Crippen LogP contribution in [-0.4, -0.2) is 24.1 Å². The van der Waals surface area contributed by atoms with E-state index >= 15 is 0 Å². The van der Waals surface area contributed by atoms with E-state index in [2.05, 4.69) is 0 Å². The van der Waals surface area contributed by atoms with Crippen LogP contribution in [0.2, 0.25) is 0 Å². The van der Waals surface area contributed by atoms with Crippen molar-refractivity contribution in [1.82, 2.24) is 0 Å². The zero-order valence-corrected chi connectivity index (χ0v) is 13.9. The van der Waals surface area contributed by atoms with E-state index in [4.69, 9.17) is 9.47 Å². The zero-order chi connectivity index (χ0) is 15.8. The second kappa shape index (κ2) is 9.06. The molecule has 0 aliphatic heterocycles. The summed E-state index contributed by atoms with van der Waals surface area (Å²) in [5, 5.41) is 0. The van der Waals surface area contributed by atoms with Gasteiger partial charge in [0.1, 0.15) is 0 Å². The molecule has 0 heterocycles. The van der Waals surface area contributed by atoms with Crippen LogP contribution in [0, 0.1) is 11.8 Å². The average molecular weight is 298 g/mol. The van der Waals surface area contributed by atoms with Crippen molar-refractivity contribution in [3.05, 3.63) is 0 Å². The highest BCUT2D eigenvalue weighted by Crippen LogP contribution is 2.31. The van der Waals surface area contributed by atoms with Gasteiger partial charge in [0, 0.05) is 0 Å². The highest BCUT2D eigenvalue weighted by Gasteiger charge is 2.34. The molecule has 4 nitrogen and oxygen atoms in total. The summed E-state index contributed by atoms with van der Waals surface area (Å²) in [4.78, 5) is 24.6. The lowest BCUT2D eigenvalue weighted by molar-refractivity contribution is -0.168. The fourth-order valence-electron chi connectivity index (χ4n) is 2.60. The first-order valence-corrected chi connectivity index (χ1v) is 8.38. The lowest BCUT2D eigenvalue weighted by atomic mass is 9.93. The summed E-state index contributed by atoms with van der Waals surface area (Å²) >= 11 is 0. The SMILES string of the molecule is CCC(C)OC(=O)C(CC1CCCC1)C(=O)OC(C)CC. The molecule has 0 spiro atoms. The van der Waals surface area contributed by atoms with Crippen LogP contribution >= 0.6 is 0 Å². The molecular formula is C17H30O4. The molecule has 1 saturated carbocycles. The van der Waals surface area contributed by atoms with Crippen molar-refractivity contribution in [1.29, 1.82) is 0 Å². The first-order valence-electron chi connectivity index (χ1n) is 8.38. The number of carbonyl (C=O) groups excluding carboxylic acids is 2. The van der Waals surface area contributed by atoms with Gasteiger partial charge in [-0.3, -0.25) is 9.59 Å². The second-order valence-corrected chi connectivity index (χ2v) is 6.25. The smallest absolute Gasteiger partial charge is 0.320 e. The van der Waals surface area contributed by atoms with Crippen molar-refractivity contribution >= 4 is 11.9 Å². The van der Waals surface area contributed by atoms with Crippen LogP contribution in [0.1, 0.15) is 72.6 Å². The zero-order valence-electron chi connectivity index (χ0n) is 13.9. The Morgan fingerprint density at radius 3 is 1.76 bits per heavy atom. The van der Waals surface area contributed by atoms with Gasteiger partial charge in [-0.25, -0.2) is 0 Å². The number of carbonyl (C=O) groups is 2. The van der Waals surface area contributed by atoms with Crippen molar-refractivity contribution < 1.29 is 19.1 Å². The molecule has 0 saturated heterocycles. The molecule has 4 heteroatoms. The summed E-state index contributed by atoms with van der Waals surface area (Å²) in [5.41, 5.74) is 0. The van der Waals surface area contributed by atoms with Gasteiger partial charge in [-0.1, -0.05) is 39.5 Å². The van der Waals surface area contributed by atoms with Gasteiger partial charge in [0.25, 0.3) is 0 Å². The van der Waals surface area contributed by atoms with Gasteiger partial charge < -0.3 is 9.47 Å². The highest BCUT2D eigenvalue weighted by molar-refractivity contribution is 5.95. The van der Waals surface area contributed by atoms with Gasteiger partial charge in [-0.15, -0.1) is 0 Å². The minimum absolute atomic E-state index is 0.153. The van der Waals surface area contributed by atoms with E-state index in [0.29, 0.717) is 12.3 Å². The van der Waals surface area contributed by atoms with E-state index in [1.807, 2.05) is 27.7 Å². The lowest BCUT2D eigenvalue weighted by Gasteiger charge is -2.22. The summed E-state index contributed by atoms with van der Waals surface area (Å²) in [7, 11) is 0. The molecule has 2 unspecified atom stereocenters. The number of rotatable bonds is 8. The fraction of sp³-hybridized carbons (Fsp3) is 0.882. The molecule has 0 aromatic rings. The predicted octanol–water partition coefficient (Wildman–Crippen LogP) is 3.87. The molecule has 1 aliphatic carbocycles. The van der Waals surface area contributed by atoms with Gasteiger partial charge in [0.2, 0.25) is 0 Å². The van der Waals surface area contributed by atoms with Crippen LogP contribution in [0.5, 0.6) is 0 Å². The number of hydrogen-bond acceptors (Lipinski definition) is 4. The Morgan fingerprint density at radius 2 is 1.38 bits per heavy atom. The van der Waals surface area contributed by atoms with E-state index in [-0.39, 0.29) is 12.2 Å². The summed E-state index contributed by atoms with van der Waals surface area (Å²) < 4.78 is 10.7. The van der Waals surface area contributed by atoms with Crippen LogP contribution in [0.3, 0.4) is 0 Å². The minimum atomic E-state index is -0.754. The molecule has 0 radical (unpaired) electrons. The maximum Gasteiger partial charge on any atom is 0.320 e. The standard InChI is InChI=1S/C17H30O4/c1-5-12(3)20-16(18)15(11-14-9-7-8-10-14)17(19)21-13(4)6-2/h12-15H,5-11H2,1-4H3. The highest BCUT2D eigenvalue weighted by atomic mass is 16.6. The Balaban J connectivity index is 2.67. The lowest BCUT2D eigenvalue weighted by Crippen LogP contribution is -2.33. The Bertz CT molecular complexity index is 310. The van der Waals surface area contributed by atoms with E-state index in [9.17, 15) is 9.59 Å². The van der Waals surface area contributed by atoms with Gasteiger partial charge in [-0.2, -0.15) is 0 Å². The van der Waals surface area contributed by atoms with Crippen molar-refractivity contribution in [3.8, 4) is 0 Å². The molecule has 1 rings (SSSR count). The second-order valence-electron chi connectivity index (χ2n) is 6.25. The predicted molar refractivity (Wildman–Crippen MR) is 81.8 cm³/mol. The first kappa shape index (κ1) is 18.0. The third-order valence-corrected chi connectivity index (χ3v) is 4.40. The molecule has 0 amide bonds. The van der Waals surface area contributed by atoms with Crippen molar-refractivity contribution in [3.63, 3.8) is 0 Å². The largest absolute Gasteiger partial charge is 0.462 e. The number of esters is 2. The molecular weight excluding hydrogens is 268 g/mol. The maximum atomic E-state index is 12.3. The van der Waals surface area contributed by atoms with Crippen LogP contribution < -0.4 is 0 Å². The first-order chi connectivity index (χ1) is 9.97. The van der Waals surface area contributed by atoms with E-state index in [0.717, 1.165) is 25.7 Å². The van der Waals surface area contributed by atoms with Crippen LogP contribution in [0.4, 0.5) is 0 Å². The van der Waals surface area contributed by atoms with Crippen LogP contribution in [0.25, 0.3) is 0 Å². The average Bonchev–Trinajstić information content (AvgIpc) is 2.96. The molecule has 21 heavy (non-hydrogen) atoms. The van der Waals surface area contributed by atoms with Crippen LogP contribution in [0.15, 0.2) is 0 Å². The van der Waals surface area contributed by atoms with Gasteiger partial charge in [0.05, 0.1) is 12.2 Å². The van der Waals surface area contributed by atoms with Gasteiger partial charge >= 0.3 is 11.9 Å². The topological polar surface area (TPSA) is 52.6 Å².